The van der Waals surface area contributed by atoms with Gasteiger partial charge in [0.15, 0.2) is 0 Å². The lowest BCUT2D eigenvalue weighted by atomic mass is 10.1. The molecule has 1 aromatic carbocycles. The fourth-order valence-electron chi connectivity index (χ4n) is 3.52. The monoisotopic (exact) mass is 258 g/mol. The van der Waals surface area contributed by atoms with Crippen molar-refractivity contribution >= 4 is 0 Å². The summed E-state index contributed by atoms with van der Waals surface area (Å²) in [5.41, 5.74) is 1.45. The van der Waals surface area contributed by atoms with Crippen LogP contribution in [0.15, 0.2) is 30.3 Å². The second kappa shape index (κ2) is 6.06. The normalized spacial score (nSPS) is 31.9. The van der Waals surface area contributed by atoms with Crippen LogP contribution in [0.5, 0.6) is 0 Å². The van der Waals surface area contributed by atoms with Crippen molar-refractivity contribution in [3.05, 3.63) is 35.9 Å². The van der Waals surface area contributed by atoms with Crippen molar-refractivity contribution in [2.75, 3.05) is 19.6 Å². The smallest absolute Gasteiger partial charge is 0.0449 e. The van der Waals surface area contributed by atoms with Gasteiger partial charge in [0.1, 0.15) is 0 Å². The standard InChI is InChI=1S/C17H26N2/c1-2-7-15-12-17(15)19-11-6-10-18-16(13-19)14-8-4-3-5-9-14/h3-5,8-9,15-18H,2,6-7,10-13H2,1H3. The van der Waals surface area contributed by atoms with Crippen molar-refractivity contribution in [3.8, 4) is 0 Å². The molecule has 1 heterocycles. The van der Waals surface area contributed by atoms with Crippen LogP contribution in [0.1, 0.15) is 44.2 Å². The van der Waals surface area contributed by atoms with Crippen LogP contribution in [0.3, 0.4) is 0 Å². The summed E-state index contributed by atoms with van der Waals surface area (Å²) in [5.74, 6) is 0.986. The molecule has 0 spiro atoms. The molecule has 3 rings (SSSR count). The largest absolute Gasteiger partial charge is 0.309 e. The summed E-state index contributed by atoms with van der Waals surface area (Å²) in [5, 5.41) is 3.72. The molecule has 2 heteroatoms. The number of hydrogen-bond acceptors (Lipinski definition) is 2. The van der Waals surface area contributed by atoms with E-state index < -0.39 is 0 Å². The Morgan fingerprint density at radius 1 is 1.26 bits per heavy atom. The van der Waals surface area contributed by atoms with Crippen LogP contribution >= 0.6 is 0 Å². The van der Waals surface area contributed by atoms with Gasteiger partial charge >= 0.3 is 0 Å². The molecule has 1 aliphatic heterocycles. The van der Waals surface area contributed by atoms with Gasteiger partial charge in [-0.3, -0.25) is 4.90 Å². The van der Waals surface area contributed by atoms with Gasteiger partial charge in [-0.05, 0) is 43.8 Å². The highest BCUT2D eigenvalue weighted by atomic mass is 15.2. The highest BCUT2D eigenvalue weighted by molar-refractivity contribution is 5.19. The molecule has 0 aromatic heterocycles. The van der Waals surface area contributed by atoms with Gasteiger partial charge in [0.05, 0.1) is 0 Å². The summed E-state index contributed by atoms with van der Waals surface area (Å²) in [6, 6.07) is 12.3. The fraction of sp³-hybridized carbons (Fsp3) is 0.647. The predicted octanol–water partition coefficient (Wildman–Crippen LogP) is 3.21. The van der Waals surface area contributed by atoms with Crippen LogP contribution in [-0.2, 0) is 0 Å². The van der Waals surface area contributed by atoms with Gasteiger partial charge in [0.25, 0.3) is 0 Å². The lowest BCUT2D eigenvalue weighted by Gasteiger charge is -2.25. The molecule has 19 heavy (non-hydrogen) atoms. The van der Waals surface area contributed by atoms with Crippen LogP contribution in [0.25, 0.3) is 0 Å². The van der Waals surface area contributed by atoms with Gasteiger partial charge < -0.3 is 5.32 Å². The van der Waals surface area contributed by atoms with Crippen LogP contribution in [0.2, 0.25) is 0 Å². The van der Waals surface area contributed by atoms with Crippen molar-refractivity contribution in [3.63, 3.8) is 0 Å². The second-order valence-corrected chi connectivity index (χ2v) is 6.12. The summed E-state index contributed by atoms with van der Waals surface area (Å²) in [6.45, 7) is 5.93. The Hall–Kier alpha value is -0.860. The van der Waals surface area contributed by atoms with E-state index >= 15 is 0 Å². The highest BCUT2D eigenvalue weighted by Crippen LogP contribution is 2.40. The maximum Gasteiger partial charge on any atom is 0.0449 e. The summed E-state index contributed by atoms with van der Waals surface area (Å²) in [6.07, 6.45) is 5.49. The molecular weight excluding hydrogens is 232 g/mol. The van der Waals surface area contributed by atoms with Crippen molar-refractivity contribution in [2.45, 2.75) is 44.7 Å². The van der Waals surface area contributed by atoms with Crippen LogP contribution < -0.4 is 5.32 Å². The van der Waals surface area contributed by atoms with Crippen LogP contribution in [0.4, 0.5) is 0 Å². The first kappa shape index (κ1) is 13.1. The first-order valence-corrected chi connectivity index (χ1v) is 7.91. The molecule has 1 aliphatic carbocycles. The number of hydrogen-bond donors (Lipinski definition) is 1. The molecule has 3 unspecified atom stereocenters. The molecule has 2 aliphatic rings. The van der Waals surface area contributed by atoms with Crippen molar-refractivity contribution in [1.82, 2.24) is 10.2 Å². The van der Waals surface area contributed by atoms with Gasteiger partial charge in [-0.2, -0.15) is 0 Å². The minimum Gasteiger partial charge on any atom is -0.309 e. The number of benzene rings is 1. The number of rotatable bonds is 4. The molecule has 104 valence electrons. The molecule has 1 saturated carbocycles. The van der Waals surface area contributed by atoms with Gasteiger partial charge in [0, 0.05) is 18.6 Å². The number of nitrogens with zero attached hydrogens (tertiary/aromatic N) is 1. The Morgan fingerprint density at radius 2 is 2.11 bits per heavy atom. The van der Waals surface area contributed by atoms with E-state index in [1.165, 1.54) is 44.3 Å². The van der Waals surface area contributed by atoms with E-state index in [2.05, 4.69) is 47.5 Å². The molecule has 1 aromatic rings. The summed E-state index contributed by atoms with van der Waals surface area (Å²) >= 11 is 0. The molecule has 2 fully saturated rings. The van der Waals surface area contributed by atoms with Crippen molar-refractivity contribution in [1.29, 1.82) is 0 Å². The molecular formula is C17H26N2. The van der Waals surface area contributed by atoms with E-state index in [4.69, 9.17) is 0 Å². The summed E-state index contributed by atoms with van der Waals surface area (Å²) in [7, 11) is 0. The predicted molar refractivity (Wildman–Crippen MR) is 80.2 cm³/mol. The Balaban J connectivity index is 1.64. The average Bonchev–Trinajstić information content (AvgIpc) is 3.22. The third kappa shape index (κ3) is 3.18. The van der Waals surface area contributed by atoms with E-state index in [9.17, 15) is 0 Å². The summed E-state index contributed by atoms with van der Waals surface area (Å²) < 4.78 is 0. The molecule has 0 amide bonds. The molecule has 1 saturated heterocycles. The van der Waals surface area contributed by atoms with E-state index in [-0.39, 0.29) is 0 Å². The molecule has 0 radical (unpaired) electrons. The van der Waals surface area contributed by atoms with E-state index in [1.807, 2.05) is 0 Å². The number of nitrogens with one attached hydrogen (secondary N) is 1. The first-order chi connectivity index (χ1) is 9.38. The Kier molecular flexibility index (Phi) is 4.19. The SMILES string of the molecule is CCCC1CC1N1CCCNC(c2ccccc2)C1. The molecule has 3 atom stereocenters. The zero-order chi connectivity index (χ0) is 13.1. The van der Waals surface area contributed by atoms with Crippen LogP contribution in [-0.4, -0.2) is 30.6 Å². The van der Waals surface area contributed by atoms with Gasteiger partial charge in [-0.15, -0.1) is 0 Å². The lowest BCUT2D eigenvalue weighted by Crippen LogP contribution is -2.33. The van der Waals surface area contributed by atoms with Gasteiger partial charge in [-0.25, -0.2) is 0 Å². The Bertz CT molecular complexity index is 390. The Labute approximate surface area is 117 Å². The van der Waals surface area contributed by atoms with E-state index in [0.717, 1.165) is 18.5 Å². The van der Waals surface area contributed by atoms with Crippen LogP contribution in [0, 0.1) is 5.92 Å². The minimum absolute atomic E-state index is 0.520. The van der Waals surface area contributed by atoms with Crippen molar-refractivity contribution < 1.29 is 0 Å². The summed E-state index contributed by atoms with van der Waals surface area (Å²) in [4.78, 5) is 2.75. The third-order valence-electron chi connectivity index (χ3n) is 4.65. The van der Waals surface area contributed by atoms with Crippen molar-refractivity contribution in [2.24, 2.45) is 5.92 Å². The Morgan fingerprint density at radius 3 is 2.89 bits per heavy atom. The van der Waals surface area contributed by atoms with Gasteiger partial charge in [-0.1, -0.05) is 43.7 Å². The van der Waals surface area contributed by atoms with Gasteiger partial charge in [0.2, 0.25) is 0 Å². The molecule has 0 bridgehead atoms. The minimum atomic E-state index is 0.520. The topological polar surface area (TPSA) is 15.3 Å². The van der Waals surface area contributed by atoms with E-state index in [0.29, 0.717) is 6.04 Å². The maximum absolute atomic E-state index is 3.72. The fourth-order valence-corrected chi connectivity index (χ4v) is 3.52. The quantitative estimate of drug-likeness (QED) is 0.892. The molecule has 2 nitrogen and oxygen atoms in total. The maximum atomic E-state index is 3.72. The lowest BCUT2D eigenvalue weighted by molar-refractivity contribution is 0.245. The zero-order valence-electron chi connectivity index (χ0n) is 12.0. The average molecular weight is 258 g/mol. The zero-order valence-corrected chi connectivity index (χ0v) is 12.0. The second-order valence-electron chi connectivity index (χ2n) is 6.12. The highest BCUT2D eigenvalue weighted by Gasteiger charge is 2.41. The molecule has 1 N–H and O–H groups in total. The van der Waals surface area contributed by atoms with E-state index in [1.54, 1.807) is 0 Å². The first-order valence-electron chi connectivity index (χ1n) is 7.91. The third-order valence-corrected chi connectivity index (χ3v) is 4.65.